The van der Waals surface area contributed by atoms with E-state index in [1.807, 2.05) is 21.1 Å². The van der Waals surface area contributed by atoms with Gasteiger partial charge in [0.2, 0.25) is 5.91 Å². The maximum absolute atomic E-state index is 13.0. The van der Waals surface area contributed by atoms with Crippen LogP contribution in [0.4, 0.5) is 0 Å². The number of amides is 1. The number of allylic oxidation sites excluding steroid dienone is 6. The van der Waals surface area contributed by atoms with E-state index in [2.05, 4.69) is 55.6 Å². The van der Waals surface area contributed by atoms with Gasteiger partial charge in [-0.05, 0) is 51.4 Å². The van der Waals surface area contributed by atoms with Crippen LogP contribution in [-0.4, -0.2) is 68.5 Å². The first-order valence-electron chi connectivity index (χ1n) is 32.3. The monoisotopic (exact) mass is 1060 g/mol. The fourth-order valence-corrected chi connectivity index (χ4v) is 10.5. The number of hydrogen-bond acceptors (Lipinski definition) is 6. The minimum atomic E-state index is -4.57. The minimum Gasteiger partial charge on any atom is -0.756 e. The van der Waals surface area contributed by atoms with Gasteiger partial charge in [-0.25, -0.2) is 0 Å². The first-order chi connectivity index (χ1) is 36.0. The van der Waals surface area contributed by atoms with Crippen molar-refractivity contribution < 1.29 is 32.9 Å². The number of aliphatic hydroxyl groups excluding tert-OH is 1. The molecule has 0 saturated heterocycles. The highest BCUT2D eigenvalue weighted by Gasteiger charge is 2.24. The highest BCUT2D eigenvalue weighted by Crippen LogP contribution is 2.38. The van der Waals surface area contributed by atoms with Crippen molar-refractivity contribution in [3.63, 3.8) is 0 Å². The van der Waals surface area contributed by atoms with Crippen LogP contribution in [0.3, 0.4) is 0 Å². The zero-order chi connectivity index (χ0) is 54.2. The fraction of sp³-hybridized carbons (Fsp3) is 0.892. The molecule has 0 radical (unpaired) electrons. The van der Waals surface area contributed by atoms with E-state index in [9.17, 15) is 19.4 Å². The fourth-order valence-electron chi connectivity index (χ4n) is 9.82. The first kappa shape index (κ1) is 72.7. The van der Waals surface area contributed by atoms with Crippen LogP contribution < -0.4 is 10.2 Å². The van der Waals surface area contributed by atoms with Crippen molar-refractivity contribution in [3.8, 4) is 0 Å². The van der Waals surface area contributed by atoms with E-state index in [-0.39, 0.29) is 19.1 Å². The van der Waals surface area contributed by atoms with Crippen LogP contribution in [0, 0.1) is 0 Å². The smallest absolute Gasteiger partial charge is 0.268 e. The van der Waals surface area contributed by atoms with Crippen LogP contribution in [0.2, 0.25) is 0 Å². The summed E-state index contributed by atoms with van der Waals surface area (Å²) in [5.41, 5.74) is 0. The lowest BCUT2D eigenvalue weighted by molar-refractivity contribution is -0.870. The second-order valence-electron chi connectivity index (χ2n) is 23.5. The Hall–Kier alpha value is -1.28. The molecule has 0 fully saturated rings. The Labute approximate surface area is 461 Å². The molecule has 0 aliphatic carbocycles. The third kappa shape index (κ3) is 58.4. The van der Waals surface area contributed by atoms with Gasteiger partial charge in [-0.15, -0.1) is 0 Å². The van der Waals surface area contributed by atoms with E-state index in [0.717, 1.165) is 51.4 Å². The van der Waals surface area contributed by atoms with Crippen LogP contribution in [0.5, 0.6) is 0 Å². The van der Waals surface area contributed by atoms with Crippen LogP contribution in [0.25, 0.3) is 0 Å². The maximum atomic E-state index is 13.0. The van der Waals surface area contributed by atoms with Gasteiger partial charge in [0.05, 0.1) is 39.9 Å². The number of quaternary nitrogens is 1. The van der Waals surface area contributed by atoms with Crippen LogP contribution in [0.1, 0.15) is 322 Å². The lowest BCUT2D eigenvalue weighted by atomic mass is 10.0. The number of likely N-dealkylation sites (N-methyl/N-ethyl adjacent to an activating group) is 1. The van der Waals surface area contributed by atoms with Gasteiger partial charge in [-0.1, -0.05) is 301 Å². The van der Waals surface area contributed by atoms with Gasteiger partial charge in [0.1, 0.15) is 13.2 Å². The number of phosphoric acid groups is 1. The molecular weight excluding hydrogens is 936 g/mol. The van der Waals surface area contributed by atoms with E-state index in [0.29, 0.717) is 23.9 Å². The van der Waals surface area contributed by atoms with Crippen molar-refractivity contribution in [1.29, 1.82) is 0 Å². The molecule has 3 unspecified atom stereocenters. The average molecular weight is 1060 g/mol. The molecule has 9 heteroatoms. The molecule has 74 heavy (non-hydrogen) atoms. The summed E-state index contributed by atoms with van der Waals surface area (Å²) in [6.45, 7) is 4.74. The second kappa shape index (κ2) is 56.4. The standard InChI is InChI=1S/C65H127N2O6P/c1-6-8-10-12-14-16-18-20-21-22-23-24-25-26-27-28-29-30-31-32-33-34-35-36-37-38-39-40-41-42-43-44-45-47-49-51-53-55-57-59-65(69)66-63(62-73-74(70,71)72-61-60-67(3,4)5)64(68)58-56-54-52-50-48-46-19-17-15-13-11-9-7-2/h18,20,22-23,25-26,63-64,68H,6-17,19,21,24,27-62H2,1-5H3,(H-,66,69,70,71)/b20-18-,23-22-,26-25-. The Morgan fingerprint density at radius 1 is 0.473 bits per heavy atom. The number of unbranched alkanes of at least 4 members (excludes halogenated alkanes) is 41. The minimum absolute atomic E-state index is 0.0144. The lowest BCUT2D eigenvalue weighted by Crippen LogP contribution is -2.46. The topological polar surface area (TPSA) is 108 Å². The van der Waals surface area contributed by atoms with Gasteiger partial charge in [0.25, 0.3) is 7.82 Å². The normalized spacial score (nSPS) is 14.0. The molecule has 0 rings (SSSR count). The van der Waals surface area contributed by atoms with E-state index >= 15 is 0 Å². The van der Waals surface area contributed by atoms with E-state index in [1.165, 1.54) is 244 Å². The Kier molecular flexibility index (Phi) is 55.5. The largest absolute Gasteiger partial charge is 0.756 e. The summed E-state index contributed by atoms with van der Waals surface area (Å²) in [4.78, 5) is 25.5. The molecular formula is C65H127N2O6P. The van der Waals surface area contributed by atoms with Gasteiger partial charge in [0, 0.05) is 6.42 Å². The molecule has 0 aromatic heterocycles. The van der Waals surface area contributed by atoms with Crippen LogP contribution in [0.15, 0.2) is 36.5 Å². The SMILES string of the molecule is CCCCCCC/C=C\C/C=C\C/C=C\CCCCCCCCCCCCCCCCCCCCCCCCCCC(=O)NC(COP(=O)([O-])OCC[N+](C)(C)C)C(O)CCCCCCCCCCCCCCC. The van der Waals surface area contributed by atoms with Gasteiger partial charge in [-0.3, -0.25) is 9.36 Å². The number of nitrogens with one attached hydrogen (secondary N) is 1. The van der Waals surface area contributed by atoms with E-state index in [4.69, 9.17) is 9.05 Å². The molecule has 3 atom stereocenters. The summed E-state index contributed by atoms with van der Waals surface area (Å²) in [6.07, 6.45) is 73.6. The number of carbonyl (C=O) groups is 1. The number of aliphatic hydroxyl groups is 1. The summed E-state index contributed by atoms with van der Waals surface area (Å²) in [5.74, 6) is -0.159. The van der Waals surface area contributed by atoms with E-state index in [1.54, 1.807) is 0 Å². The highest BCUT2D eigenvalue weighted by atomic mass is 31.2. The van der Waals surface area contributed by atoms with Crippen molar-refractivity contribution in [2.75, 3.05) is 40.9 Å². The van der Waals surface area contributed by atoms with Gasteiger partial charge < -0.3 is 28.8 Å². The number of phosphoric ester groups is 1. The molecule has 0 aromatic carbocycles. The Morgan fingerprint density at radius 2 is 0.784 bits per heavy atom. The Balaban J connectivity index is 3.85. The molecule has 0 heterocycles. The number of rotatable bonds is 60. The molecule has 0 aliphatic heterocycles. The summed E-state index contributed by atoms with van der Waals surface area (Å²) in [5, 5.41) is 14.0. The summed E-state index contributed by atoms with van der Waals surface area (Å²) >= 11 is 0. The summed E-state index contributed by atoms with van der Waals surface area (Å²) in [7, 11) is 1.32. The van der Waals surface area contributed by atoms with Gasteiger partial charge in [0.15, 0.2) is 0 Å². The van der Waals surface area contributed by atoms with Crippen LogP contribution >= 0.6 is 7.82 Å². The summed E-state index contributed by atoms with van der Waals surface area (Å²) < 4.78 is 23.4. The Morgan fingerprint density at radius 3 is 1.14 bits per heavy atom. The Bertz CT molecular complexity index is 1300. The quantitative estimate of drug-likeness (QED) is 0.0272. The zero-order valence-electron chi connectivity index (χ0n) is 50.1. The van der Waals surface area contributed by atoms with Crippen LogP contribution in [-0.2, 0) is 18.4 Å². The maximum Gasteiger partial charge on any atom is 0.268 e. The third-order valence-electron chi connectivity index (χ3n) is 14.9. The molecule has 0 saturated carbocycles. The molecule has 1 amide bonds. The molecule has 438 valence electrons. The predicted molar refractivity (Wildman–Crippen MR) is 321 cm³/mol. The second-order valence-corrected chi connectivity index (χ2v) is 24.9. The van der Waals surface area contributed by atoms with E-state index < -0.39 is 20.0 Å². The number of carbonyl (C=O) groups excluding carboxylic acids is 1. The van der Waals surface area contributed by atoms with Crippen molar-refractivity contribution >= 4 is 13.7 Å². The third-order valence-corrected chi connectivity index (χ3v) is 15.8. The predicted octanol–water partition coefficient (Wildman–Crippen LogP) is 19.5. The lowest BCUT2D eigenvalue weighted by Gasteiger charge is -2.30. The van der Waals surface area contributed by atoms with Gasteiger partial charge in [-0.2, -0.15) is 0 Å². The highest BCUT2D eigenvalue weighted by molar-refractivity contribution is 7.45. The molecule has 0 spiro atoms. The molecule has 2 N–H and O–H groups in total. The zero-order valence-corrected chi connectivity index (χ0v) is 51.0. The van der Waals surface area contributed by atoms with Crippen molar-refractivity contribution in [3.05, 3.63) is 36.5 Å². The molecule has 0 bridgehead atoms. The number of hydrogen-bond donors (Lipinski definition) is 2. The first-order valence-corrected chi connectivity index (χ1v) is 33.8. The van der Waals surface area contributed by atoms with Crippen molar-refractivity contribution in [2.24, 2.45) is 0 Å². The van der Waals surface area contributed by atoms with Crippen molar-refractivity contribution in [2.45, 2.75) is 334 Å². The molecule has 0 aliphatic rings. The summed E-state index contributed by atoms with van der Waals surface area (Å²) in [6, 6.07) is -0.797. The van der Waals surface area contributed by atoms with Crippen molar-refractivity contribution in [1.82, 2.24) is 5.32 Å². The molecule has 0 aromatic rings. The molecule has 8 nitrogen and oxygen atoms in total. The average Bonchev–Trinajstić information content (AvgIpc) is 3.36. The number of nitrogens with zero attached hydrogens (tertiary/aromatic N) is 1. The van der Waals surface area contributed by atoms with Gasteiger partial charge >= 0.3 is 0 Å².